The van der Waals surface area contributed by atoms with Gasteiger partial charge in [-0.3, -0.25) is 0 Å². The van der Waals surface area contributed by atoms with Crippen LogP contribution in [0.5, 0.6) is 0 Å². The van der Waals surface area contributed by atoms with Gasteiger partial charge in [0.2, 0.25) is 0 Å². The Labute approximate surface area is 105 Å². The number of nitrogen functional groups attached to an aromatic ring is 1. The van der Waals surface area contributed by atoms with Gasteiger partial charge >= 0.3 is 5.97 Å². The fourth-order valence-corrected chi connectivity index (χ4v) is 2.48. The highest BCUT2D eigenvalue weighted by Gasteiger charge is 2.20. The molecule has 3 nitrogen and oxygen atoms in total. The standard InChI is InChI=1S/C15H13NO2/c1-18-15(17)9-2-4-13-10(6-9)7-11-8-12(16)3-5-14(11)13/h2-6,8H,7,16H2,1H3. The molecule has 1 aliphatic carbocycles. The molecule has 0 bridgehead atoms. The minimum atomic E-state index is -0.298. The Hall–Kier alpha value is -2.29. The average molecular weight is 239 g/mol. The van der Waals surface area contributed by atoms with Crippen molar-refractivity contribution >= 4 is 11.7 Å². The average Bonchev–Trinajstić information content (AvgIpc) is 2.73. The summed E-state index contributed by atoms with van der Waals surface area (Å²) >= 11 is 0. The van der Waals surface area contributed by atoms with E-state index in [1.54, 1.807) is 6.07 Å². The maximum Gasteiger partial charge on any atom is 0.337 e. The quantitative estimate of drug-likeness (QED) is 0.524. The first-order valence-corrected chi connectivity index (χ1v) is 5.79. The number of benzene rings is 2. The molecule has 0 unspecified atom stereocenters. The van der Waals surface area contributed by atoms with Crippen molar-refractivity contribution in [2.24, 2.45) is 0 Å². The molecule has 0 saturated heterocycles. The zero-order valence-corrected chi connectivity index (χ0v) is 10.1. The molecule has 2 aromatic rings. The van der Waals surface area contributed by atoms with E-state index in [0.717, 1.165) is 17.7 Å². The molecule has 0 aliphatic heterocycles. The van der Waals surface area contributed by atoms with E-state index in [9.17, 15) is 4.79 Å². The third kappa shape index (κ3) is 1.56. The van der Waals surface area contributed by atoms with E-state index in [4.69, 9.17) is 10.5 Å². The zero-order chi connectivity index (χ0) is 12.7. The van der Waals surface area contributed by atoms with Gasteiger partial charge in [0, 0.05) is 5.69 Å². The molecule has 0 amide bonds. The van der Waals surface area contributed by atoms with Crippen molar-refractivity contribution in [1.82, 2.24) is 0 Å². The highest BCUT2D eigenvalue weighted by atomic mass is 16.5. The maximum absolute atomic E-state index is 11.5. The SMILES string of the molecule is COC(=O)c1ccc2c(c1)Cc1cc(N)ccc1-2. The van der Waals surface area contributed by atoms with Crippen LogP contribution in [0.1, 0.15) is 21.5 Å². The molecule has 3 rings (SSSR count). The number of rotatable bonds is 1. The largest absolute Gasteiger partial charge is 0.465 e. The third-order valence-electron chi connectivity index (χ3n) is 3.33. The summed E-state index contributed by atoms with van der Waals surface area (Å²) in [7, 11) is 1.39. The molecular formula is C15H13NO2. The first-order chi connectivity index (χ1) is 8.69. The summed E-state index contributed by atoms with van der Waals surface area (Å²) in [6, 6.07) is 11.6. The third-order valence-corrected chi connectivity index (χ3v) is 3.33. The van der Waals surface area contributed by atoms with E-state index in [2.05, 4.69) is 0 Å². The molecular weight excluding hydrogens is 226 g/mol. The fraction of sp³-hybridized carbons (Fsp3) is 0.133. The lowest BCUT2D eigenvalue weighted by molar-refractivity contribution is 0.0600. The van der Waals surface area contributed by atoms with Crippen LogP contribution in [-0.4, -0.2) is 13.1 Å². The summed E-state index contributed by atoms with van der Waals surface area (Å²) in [6.45, 7) is 0. The summed E-state index contributed by atoms with van der Waals surface area (Å²) in [5.41, 5.74) is 11.9. The second-order valence-corrected chi connectivity index (χ2v) is 4.46. The first-order valence-electron chi connectivity index (χ1n) is 5.79. The molecule has 18 heavy (non-hydrogen) atoms. The summed E-state index contributed by atoms with van der Waals surface area (Å²) in [5, 5.41) is 0. The summed E-state index contributed by atoms with van der Waals surface area (Å²) < 4.78 is 4.73. The molecule has 0 aromatic heterocycles. The number of esters is 1. The van der Waals surface area contributed by atoms with Crippen molar-refractivity contribution < 1.29 is 9.53 Å². The highest BCUT2D eigenvalue weighted by Crippen LogP contribution is 2.37. The molecule has 3 heteroatoms. The van der Waals surface area contributed by atoms with Crippen molar-refractivity contribution in [2.45, 2.75) is 6.42 Å². The Bertz CT molecular complexity index is 647. The second-order valence-electron chi connectivity index (χ2n) is 4.46. The van der Waals surface area contributed by atoms with Gasteiger partial charge in [0.05, 0.1) is 12.7 Å². The molecule has 90 valence electrons. The lowest BCUT2D eigenvalue weighted by Gasteiger charge is -2.03. The molecule has 2 N–H and O–H groups in total. The fourth-order valence-electron chi connectivity index (χ4n) is 2.48. The molecule has 2 aromatic carbocycles. The van der Waals surface area contributed by atoms with Crippen LogP contribution < -0.4 is 5.73 Å². The molecule has 0 heterocycles. The minimum Gasteiger partial charge on any atom is -0.465 e. The van der Waals surface area contributed by atoms with Crippen molar-refractivity contribution in [3.05, 3.63) is 53.1 Å². The predicted molar refractivity (Wildman–Crippen MR) is 70.4 cm³/mol. The number of carbonyl (C=O) groups is 1. The van der Waals surface area contributed by atoms with Gasteiger partial charge in [-0.25, -0.2) is 4.79 Å². The van der Waals surface area contributed by atoms with E-state index in [1.165, 1.54) is 23.8 Å². The minimum absolute atomic E-state index is 0.298. The second kappa shape index (κ2) is 3.88. The number of anilines is 1. The molecule has 0 radical (unpaired) electrons. The van der Waals surface area contributed by atoms with E-state index >= 15 is 0 Å². The molecule has 0 saturated carbocycles. The maximum atomic E-state index is 11.5. The highest BCUT2D eigenvalue weighted by molar-refractivity contribution is 5.91. The summed E-state index contributed by atoms with van der Waals surface area (Å²) in [4.78, 5) is 11.5. The van der Waals surface area contributed by atoms with Crippen molar-refractivity contribution in [2.75, 3.05) is 12.8 Å². The Morgan fingerprint density at radius 1 is 1.11 bits per heavy atom. The van der Waals surface area contributed by atoms with E-state index in [0.29, 0.717) is 5.56 Å². The predicted octanol–water partition coefficient (Wildman–Crippen LogP) is 2.63. The smallest absolute Gasteiger partial charge is 0.337 e. The number of hydrogen-bond donors (Lipinski definition) is 1. The molecule has 1 aliphatic rings. The van der Waals surface area contributed by atoms with Crippen molar-refractivity contribution in [1.29, 1.82) is 0 Å². The number of hydrogen-bond acceptors (Lipinski definition) is 3. The normalized spacial score (nSPS) is 11.8. The van der Waals surface area contributed by atoms with Crippen molar-refractivity contribution in [3.8, 4) is 11.1 Å². The van der Waals surface area contributed by atoms with Crippen LogP contribution in [0.25, 0.3) is 11.1 Å². The summed E-state index contributed by atoms with van der Waals surface area (Å²) in [6.07, 6.45) is 0.820. The van der Waals surface area contributed by atoms with Crippen LogP contribution in [0.15, 0.2) is 36.4 Å². The van der Waals surface area contributed by atoms with Crippen LogP contribution in [-0.2, 0) is 11.2 Å². The Morgan fingerprint density at radius 3 is 2.50 bits per heavy atom. The van der Waals surface area contributed by atoms with Crippen LogP contribution in [0.2, 0.25) is 0 Å². The van der Waals surface area contributed by atoms with Crippen LogP contribution >= 0.6 is 0 Å². The Morgan fingerprint density at radius 2 is 1.78 bits per heavy atom. The lowest BCUT2D eigenvalue weighted by Crippen LogP contribution is -2.01. The van der Waals surface area contributed by atoms with Gasteiger partial charge in [-0.15, -0.1) is 0 Å². The van der Waals surface area contributed by atoms with Gasteiger partial charge in [0.1, 0.15) is 0 Å². The van der Waals surface area contributed by atoms with Gasteiger partial charge in [-0.05, 0) is 52.9 Å². The van der Waals surface area contributed by atoms with Gasteiger partial charge < -0.3 is 10.5 Å². The van der Waals surface area contributed by atoms with E-state index < -0.39 is 0 Å². The van der Waals surface area contributed by atoms with Crippen LogP contribution in [0.3, 0.4) is 0 Å². The number of carbonyl (C=O) groups excluding carboxylic acids is 1. The van der Waals surface area contributed by atoms with Gasteiger partial charge in [-0.1, -0.05) is 12.1 Å². The molecule has 0 atom stereocenters. The van der Waals surface area contributed by atoms with Crippen LogP contribution in [0, 0.1) is 0 Å². The molecule has 0 spiro atoms. The number of methoxy groups -OCH3 is 1. The number of nitrogens with two attached hydrogens (primary N) is 1. The monoisotopic (exact) mass is 239 g/mol. The topological polar surface area (TPSA) is 52.3 Å². The zero-order valence-electron chi connectivity index (χ0n) is 10.1. The first kappa shape index (κ1) is 10.8. The van der Waals surface area contributed by atoms with Gasteiger partial charge in [-0.2, -0.15) is 0 Å². The number of ether oxygens (including phenoxy) is 1. The van der Waals surface area contributed by atoms with Crippen LogP contribution in [0.4, 0.5) is 5.69 Å². The Kier molecular flexibility index (Phi) is 2.33. The molecule has 0 fully saturated rings. The van der Waals surface area contributed by atoms with Gasteiger partial charge in [0.25, 0.3) is 0 Å². The summed E-state index contributed by atoms with van der Waals surface area (Å²) in [5.74, 6) is -0.298. The Balaban J connectivity index is 2.09. The van der Waals surface area contributed by atoms with E-state index in [1.807, 2.05) is 30.3 Å². The number of fused-ring (bicyclic) bond motifs is 3. The van der Waals surface area contributed by atoms with E-state index in [-0.39, 0.29) is 5.97 Å². The van der Waals surface area contributed by atoms with Crippen molar-refractivity contribution in [3.63, 3.8) is 0 Å². The lowest BCUT2D eigenvalue weighted by atomic mass is 10.0. The van der Waals surface area contributed by atoms with Gasteiger partial charge in [0.15, 0.2) is 0 Å².